The van der Waals surface area contributed by atoms with E-state index in [1.807, 2.05) is 4.90 Å². The fraction of sp³-hybridized carbons (Fsp3) is 0.500. The van der Waals surface area contributed by atoms with Crippen molar-refractivity contribution < 1.29 is 32.3 Å². The minimum atomic E-state index is -4.79. The Kier molecular flexibility index (Phi) is 4.05. The van der Waals surface area contributed by atoms with Crippen LogP contribution in [0.2, 0.25) is 0 Å². The topological polar surface area (TPSA) is 84.6 Å². The van der Waals surface area contributed by atoms with Crippen molar-refractivity contribution in [3.05, 3.63) is 29.3 Å². The van der Waals surface area contributed by atoms with Crippen molar-refractivity contribution in [1.82, 2.24) is 4.90 Å². The Balaban J connectivity index is 1.79. The molecule has 1 aromatic carbocycles. The number of alkyl halides is 3. The van der Waals surface area contributed by atoms with E-state index in [1.54, 1.807) is 6.92 Å². The first-order valence-electron chi connectivity index (χ1n) is 8.92. The summed E-state index contributed by atoms with van der Waals surface area (Å²) in [6.45, 7) is 2.82. The molecule has 3 heterocycles. The Morgan fingerprint density at radius 3 is 2.68 bits per heavy atom. The minimum Gasteiger partial charge on any atom is -0.387 e. The number of benzene rings is 1. The third-order valence-corrected chi connectivity index (χ3v) is 6.06. The van der Waals surface area contributed by atoms with Crippen molar-refractivity contribution in [1.29, 1.82) is 5.26 Å². The second-order valence-electron chi connectivity index (χ2n) is 7.46. The van der Waals surface area contributed by atoms with Crippen LogP contribution < -0.4 is 4.90 Å². The second-order valence-corrected chi connectivity index (χ2v) is 7.46. The van der Waals surface area contributed by atoms with E-state index in [4.69, 9.17) is 5.26 Å². The van der Waals surface area contributed by atoms with Gasteiger partial charge in [0.05, 0.1) is 36.0 Å². The SMILES string of the molecule is CCC(O)C1C[N@@]2CC3C(=O)N(c4ccc(C#N)c(C(F)(F)F)c4)C(=O)[N+]31C2. The zero-order chi connectivity index (χ0) is 20.4. The molecule has 1 N–H and O–H groups in total. The van der Waals surface area contributed by atoms with Crippen molar-refractivity contribution in [3.8, 4) is 6.07 Å². The predicted molar refractivity (Wildman–Crippen MR) is 89.6 cm³/mol. The van der Waals surface area contributed by atoms with Gasteiger partial charge in [-0.2, -0.15) is 23.3 Å². The number of aliphatic hydroxyl groups excluding tert-OH is 1. The standard InChI is InChI=1S/C18H18F3N4O3/c1-2-15(26)13-7-23-8-14-16(27)24(17(28)25(13,14)9-23)11-4-3-10(6-22)12(5-11)18(19,20)21/h3-5,13-15,26H,2,7-9H2,1H3/q+1. The quantitative estimate of drug-likeness (QED) is 0.622. The smallest absolute Gasteiger partial charge is 0.387 e. The van der Waals surface area contributed by atoms with E-state index in [-0.39, 0.29) is 16.8 Å². The van der Waals surface area contributed by atoms with E-state index >= 15 is 0 Å². The van der Waals surface area contributed by atoms with Gasteiger partial charge in [0.2, 0.25) is 0 Å². The van der Waals surface area contributed by atoms with Gasteiger partial charge in [-0.15, -0.1) is 0 Å². The van der Waals surface area contributed by atoms with Crippen molar-refractivity contribution in [2.24, 2.45) is 0 Å². The van der Waals surface area contributed by atoms with Gasteiger partial charge in [-0.05, 0) is 24.6 Å². The number of carbonyl (C=O) groups is 2. The first-order chi connectivity index (χ1) is 13.1. The third-order valence-electron chi connectivity index (χ3n) is 6.06. The molecule has 3 amide bonds. The van der Waals surface area contributed by atoms with E-state index in [1.165, 1.54) is 12.1 Å². The lowest BCUT2D eigenvalue weighted by molar-refractivity contribution is -0.866. The summed E-state index contributed by atoms with van der Waals surface area (Å²) in [5, 5.41) is 19.3. The van der Waals surface area contributed by atoms with Crippen molar-refractivity contribution in [2.45, 2.75) is 37.7 Å². The second kappa shape index (κ2) is 6.01. The van der Waals surface area contributed by atoms with Gasteiger partial charge in [-0.3, -0.25) is 4.79 Å². The van der Waals surface area contributed by atoms with Crippen LogP contribution in [0.5, 0.6) is 0 Å². The molecular weight excluding hydrogens is 377 g/mol. The zero-order valence-electron chi connectivity index (χ0n) is 15.0. The van der Waals surface area contributed by atoms with Gasteiger partial charge in [-0.25, -0.2) is 14.2 Å². The van der Waals surface area contributed by atoms with Crippen molar-refractivity contribution in [3.63, 3.8) is 0 Å². The highest BCUT2D eigenvalue weighted by molar-refractivity contribution is 6.18. The molecule has 148 valence electrons. The highest BCUT2D eigenvalue weighted by Crippen LogP contribution is 2.45. The maximum Gasteiger partial charge on any atom is 0.432 e. The molecule has 2 bridgehead atoms. The first-order valence-corrected chi connectivity index (χ1v) is 8.92. The molecule has 1 spiro atoms. The molecule has 0 aromatic heterocycles. The number of fused-ring (bicyclic) bond motifs is 1. The number of nitrogens with zero attached hydrogens (tertiary/aromatic N) is 4. The van der Waals surface area contributed by atoms with E-state index in [9.17, 15) is 27.9 Å². The number of halogens is 3. The van der Waals surface area contributed by atoms with Crippen LogP contribution in [0.25, 0.3) is 0 Å². The molecule has 4 rings (SSSR count). The molecule has 4 unspecified atom stereocenters. The summed E-state index contributed by atoms with van der Waals surface area (Å²) >= 11 is 0. The lowest BCUT2D eigenvalue weighted by Crippen LogP contribution is -2.63. The number of amides is 3. The molecule has 7 nitrogen and oxygen atoms in total. The third kappa shape index (κ3) is 2.33. The maximum atomic E-state index is 13.3. The summed E-state index contributed by atoms with van der Waals surface area (Å²) in [6, 6.07) is 2.46. The first kappa shape index (κ1) is 18.9. The fourth-order valence-electron chi connectivity index (χ4n) is 4.74. The molecule has 3 fully saturated rings. The number of piperazine rings is 1. The summed E-state index contributed by atoms with van der Waals surface area (Å²) in [4.78, 5) is 29.0. The molecule has 0 saturated carbocycles. The van der Waals surface area contributed by atoms with E-state index in [0.29, 0.717) is 25.6 Å². The summed E-state index contributed by atoms with van der Waals surface area (Å²) in [5.41, 5.74) is -1.96. The van der Waals surface area contributed by atoms with Crippen LogP contribution in [0.15, 0.2) is 18.2 Å². The van der Waals surface area contributed by atoms with Crippen LogP contribution in [-0.4, -0.2) is 64.4 Å². The summed E-state index contributed by atoms with van der Waals surface area (Å²) in [7, 11) is 0. The van der Waals surface area contributed by atoms with Crippen molar-refractivity contribution in [2.75, 3.05) is 24.7 Å². The Morgan fingerprint density at radius 1 is 1.36 bits per heavy atom. The van der Waals surface area contributed by atoms with Crippen LogP contribution in [0.4, 0.5) is 23.7 Å². The molecule has 5 atom stereocenters. The number of aliphatic hydroxyl groups is 1. The number of anilines is 1. The van der Waals surface area contributed by atoms with E-state index < -0.39 is 47.4 Å². The Hall–Kier alpha value is -2.48. The molecular formula is C18H18F3N4O3+. The van der Waals surface area contributed by atoms with Gasteiger partial charge < -0.3 is 5.11 Å². The maximum absolute atomic E-state index is 13.3. The number of hydrogen-bond acceptors (Lipinski definition) is 5. The normalized spacial score (nSPS) is 32.6. The lowest BCUT2D eigenvalue weighted by atomic mass is 10.0. The molecule has 10 heteroatoms. The largest absolute Gasteiger partial charge is 0.432 e. The number of quaternary nitrogens is 1. The zero-order valence-corrected chi connectivity index (χ0v) is 15.0. The number of urea groups is 1. The monoisotopic (exact) mass is 395 g/mol. The van der Waals surface area contributed by atoms with Crippen LogP contribution in [0.3, 0.4) is 0 Å². The Morgan fingerprint density at radius 2 is 2.07 bits per heavy atom. The number of nitriles is 1. The van der Waals surface area contributed by atoms with Crippen LogP contribution in [-0.2, 0) is 11.0 Å². The molecule has 0 aliphatic carbocycles. The molecule has 3 saturated heterocycles. The number of hydrogen-bond donors (Lipinski definition) is 1. The Bertz CT molecular complexity index is 912. The Labute approximate surface area is 158 Å². The number of carbonyl (C=O) groups excluding carboxylic acids is 2. The molecule has 1 aromatic rings. The molecule has 28 heavy (non-hydrogen) atoms. The number of imide groups is 1. The van der Waals surface area contributed by atoms with Crippen LogP contribution in [0, 0.1) is 11.3 Å². The van der Waals surface area contributed by atoms with E-state index in [2.05, 4.69) is 0 Å². The van der Waals surface area contributed by atoms with Crippen molar-refractivity contribution >= 4 is 17.6 Å². The van der Waals surface area contributed by atoms with Crippen LogP contribution in [0.1, 0.15) is 24.5 Å². The van der Waals surface area contributed by atoms with Gasteiger partial charge in [0.25, 0.3) is 5.91 Å². The van der Waals surface area contributed by atoms with E-state index in [0.717, 1.165) is 11.0 Å². The lowest BCUT2D eigenvalue weighted by Gasteiger charge is -2.36. The average Bonchev–Trinajstić information content (AvgIpc) is 3.29. The summed E-state index contributed by atoms with van der Waals surface area (Å²) in [6.07, 6.45) is -5.18. The summed E-state index contributed by atoms with van der Waals surface area (Å²) in [5.74, 6) is -0.571. The van der Waals surface area contributed by atoms with Crippen LogP contribution >= 0.6 is 0 Å². The van der Waals surface area contributed by atoms with Gasteiger partial charge in [0.15, 0.2) is 6.04 Å². The van der Waals surface area contributed by atoms with Gasteiger partial charge >= 0.3 is 12.2 Å². The predicted octanol–water partition coefficient (Wildman–Crippen LogP) is 1.66. The van der Waals surface area contributed by atoms with Gasteiger partial charge in [-0.1, -0.05) is 6.92 Å². The fourth-order valence-corrected chi connectivity index (χ4v) is 4.74. The van der Waals surface area contributed by atoms with Gasteiger partial charge in [0, 0.05) is 0 Å². The highest BCUT2D eigenvalue weighted by atomic mass is 19.4. The minimum absolute atomic E-state index is 0.202. The molecule has 3 aliphatic rings. The molecule has 3 aliphatic heterocycles. The summed E-state index contributed by atoms with van der Waals surface area (Å²) < 4.78 is 39.6. The highest BCUT2D eigenvalue weighted by Gasteiger charge is 2.73. The number of rotatable bonds is 3. The molecule has 0 radical (unpaired) electrons. The van der Waals surface area contributed by atoms with Gasteiger partial charge in [0.1, 0.15) is 18.8 Å². The average molecular weight is 395 g/mol.